The molecule has 2 aromatic rings. The number of fused-ring (bicyclic) bond motifs is 1. The quantitative estimate of drug-likeness (QED) is 0.842. The fourth-order valence-electron chi connectivity index (χ4n) is 1.86. The summed E-state index contributed by atoms with van der Waals surface area (Å²) < 4.78 is 6.14. The Kier molecular flexibility index (Phi) is 3.57. The average Bonchev–Trinajstić information content (AvgIpc) is 2.37. The summed E-state index contributed by atoms with van der Waals surface area (Å²) in [6.45, 7) is 1.98. The lowest BCUT2D eigenvalue weighted by Crippen LogP contribution is -2.34. The molecule has 0 unspecified atom stereocenters. The molecular formula is C12H11BrN2O4. The SMILES string of the molecule is CCn1c(=O)[nH]c2cc(C(=O)OC)cc(Br)c2c1=O. The molecule has 0 amide bonds. The zero-order chi connectivity index (χ0) is 14.2. The van der Waals surface area contributed by atoms with E-state index in [4.69, 9.17) is 0 Å². The van der Waals surface area contributed by atoms with Gasteiger partial charge in [-0.1, -0.05) is 0 Å². The van der Waals surface area contributed by atoms with Crippen LogP contribution in [0.2, 0.25) is 0 Å². The van der Waals surface area contributed by atoms with Crippen molar-refractivity contribution in [1.29, 1.82) is 0 Å². The number of hydrogen-bond donors (Lipinski definition) is 1. The minimum atomic E-state index is -0.539. The van der Waals surface area contributed by atoms with Crippen LogP contribution < -0.4 is 11.2 Å². The first kappa shape index (κ1) is 13.5. The number of esters is 1. The van der Waals surface area contributed by atoms with Crippen LogP contribution in [0.1, 0.15) is 17.3 Å². The van der Waals surface area contributed by atoms with Crippen molar-refractivity contribution in [2.75, 3.05) is 7.11 Å². The molecule has 0 saturated heterocycles. The Morgan fingerprint density at radius 3 is 2.68 bits per heavy atom. The first-order valence-electron chi connectivity index (χ1n) is 5.54. The van der Waals surface area contributed by atoms with Crippen LogP contribution in [0, 0.1) is 0 Å². The maximum Gasteiger partial charge on any atom is 0.337 e. The molecule has 7 heteroatoms. The first-order chi connectivity index (χ1) is 8.99. The number of nitrogens with zero attached hydrogens (tertiary/aromatic N) is 1. The molecule has 0 fully saturated rings. The second-order valence-electron chi connectivity index (χ2n) is 3.85. The fraction of sp³-hybridized carbons (Fsp3) is 0.250. The highest BCUT2D eigenvalue weighted by molar-refractivity contribution is 9.10. The predicted molar refractivity (Wildman–Crippen MR) is 73.5 cm³/mol. The number of rotatable bonds is 2. The third kappa shape index (κ3) is 2.21. The molecule has 1 heterocycles. The van der Waals surface area contributed by atoms with Gasteiger partial charge in [-0.15, -0.1) is 0 Å². The second kappa shape index (κ2) is 5.00. The van der Waals surface area contributed by atoms with Crippen LogP contribution in [0.3, 0.4) is 0 Å². The number of H-pyrrole nitrogens is 1. The number of ether oxygens (including phenoxy) is 1. The summed E-state index contributed by atoms with van der Waals surface area (Å²) in [6.07, 6.45) is 0. The maximum absolute atomic E-state index is 12.1. The van der Waals surface area contributed by atoms with Gasteiger partial charge in [-0.05, 0) is 35.0 Å². The summed E-state index contributed by atoms with van der Waals surface area (Å²) in [5.74, 6) is -0.539. The molecule has 100 valence electrons. The highest BCUT2D eigenvalue weighted by Gasteiger charge is 2.14. The second-order valence-corrected chi connectivity index (χ2v) is 4.71. The monoisotopic (exact) mass is 326 g/mol. The van der Waals surface area contributed by atoms with E-state index >= 15 is 0 Å². The lowest BCUT2D eigenvalue weighted by atomic mass is 10.1. The molecule has 6 nitrogen and oxygen atoms in total. The van der Waals surface area contributed by atoms with E-state index in [-0.39, 0.29) is 12.1 Å². The smallest absolute Gasteiger partial charge is 0.337 e. The van der Waals surface area contributed by atoms with E-state index in [1.807, 2.05) is 0 Å². The van der Waals surface area contributed by atoms with Gasteiger partial charge in [0.2, 0.25) is 0 Å². The normalized spacial score (nSPS) is 10.7. The van der Waals surface area contributed by atoms with Crippen molar-refractivity contribution in [1.82, 2.24) is 9.55 Å². The van der Waals surface area contributed by atoms with Crippen LogP contribution in [0.4, 0.5) is 0 Å². The minimum Gasteiger partial charge on any atom is -0.465 e. The van der Waals surface area contributed by atoms with Gasteiger partial charge < -0.3 is 9.72 Å². The van der Waals surface area contributed by atoms with Crippen LogP contribution in [0.25, 0.3) is 10.9 Å². The van der Waals surface area contributed by atoms with Gasteiger partial charge in [-0.3, -0.25) is 9.36 Å². The average molecular weight is 327 g/mol. The molecule has 0 aliphatic heterocycles. The lowest BCUT2D eigenvalue weighted by molar-refractivity contribution is 0.0601. The number of aromatic amines is 1. The van der Waals surface area contributed by atoms with Gasteiger partial charge in [0, 0.05) is 11.0 Å². The first-order valence-corrected chi connectivity index (χ1v) is 6.33. The van der Waals surface area contributed by atoms with Crippen molar-refractivity contribution in [3.63, 3.8) is 0 Å². The third-order valence-electron chi connectivity index (χ3n) is 2.77. The van der Waals surface area contributed by atoms with E-state index < -0.39 is 17.2 Å². The predicted octanol–water partition coefficient (Wildman–Crippen LogP) is 1.26. The molecule has 2 rings (SSSR count). The number of aromatic nitrogens is 2. The number of nitrogens with one attached hydrogen (secondary N) is 1. The summed E-state index contributed by atoms with van der Waals surface area (Å²) in [7, 11) is 1.26. The number of hydrogen-bond acceptors (Lipinski definition) is 4. The summed E-state index contributed by atoms with van der Waals surface area (Å²) in [6, 6.07) is 2.92. The Balaban J connectivity index is 2.89. The van der Waals surface area contributed by atoms with E-state index in [2.05, 4.69) is 25.7 Å². The largest absolute Gasteiger partial charge is 0.465 e. The molecule has 1 aromatic carbocycles. The Labute approximate surface area is 116 Å². The lowest BCUT2D eigenvalue weighted by Gasteiger charge is -2.07. The number of carbonyl (C=O) groups excluding carboxylic acids is 1. The number of benzene rings is 1. The molecule has 0 radical (unpaired) electrons. The molecule has 19 heavy (non-hydrogen) atoms. The molecule has 0 aliphatic carbocycles. The molecule has 0 spiro atoms. The highest BCUT2D eigenvalue weighted by Crippen LogP contribution is 2.21. The fourth-order valence-corrected chi connectivity index (χ4v) is 2.49. The molecule has 1 N–H and O–H groups in total. The number of methoxy groups -OCH3 is 1. The summed E-state index contributed by atoms with van der Waals surface area (Å²) in [5, 5.41) is 0.328. The minimum absolute atomic E-state index is 0.256. The van der Waals surface area contributed by atoms with Gasteiger partial charge in [0.15, 0.2) is 0 Å². The van der Waals surface area contributed by atoms with Crippen LogP contribution >= 0.6 is 15.9 Å². The van der Waals surface area contributed by atoms with Gasteiger partial charge in [0.1, 0.15) is 0 Å². The van der Waals surface area contributed by atoms with E-state index in [1.54, 1.807) is 6.92 Å². The molecular weight excluding hydrogens is 316 g/mol. The molecule has 0 atom stereocenters. The van der Waals surface area contributed by atoms with Gasteiger partial charge in [0.05, 0.1) is 23.6 Å². The van der Waals surface area contributed by atoms with Crippen LogP contribution in [-0.2, 0) is 11.3 Å². The zero-order valence-electron chi connectivity index (χ0n) is 10.3. The molecule has 1 aromatic heterocycles. The standard InChI is InChI=1S/C12H11BrN2O4/c1-3-15-10(16)9-7(13)4-6(11(17)19-2)5-8(9)14-12(15)18/h4-5H,3H2,1-2H3,(H,14,18). The maximum atomic E-state index is 12.1. The van der Waals surface area contributed by atoms with E-state index in [9.17, 15) is 14.4 Å². The molecule has 0 saturated carbocycles. The topological polar surface area (TPSA) is 81.2 Å². The van der Waals surface area contributed by atoms with E-state index in [0.717, 1.165) is 4.57 Å². The summed E-state index contributed by atoms with van der Waals surface area (Å²) >= 11 is 3.24. The van der Waals surface area contributed by atoms with Gasteiger partial charge in [-0.2, -0.15) is 0 Å². The van der Waals surface area contributed by atoms with E-state index in [1.165, 1.54) is 19.2 Å². The molecule has 0 aliphatic rings. The third-order valence-corrected chi connectivity index (χ3v) is 3.40. The van der Waals surface area contributed by atoms with Crippen molar-refractivity contribution in [3.05, 3.63) is 43.0 Å². The Bertz CT molecular complexity index is 776. The van der Waals surface area contributed by atoms with Crippen molar-refractivity contribution in [2.24, 2.45) is 0 Å². The van der Waals surface area contributed by atoms with Crippen molar-refractivity contribution >= 4 is 32.8 Å². The summed E-state index contributed by atoms with van der Waals surface area (Å²) in [5.41, 5.74) is -0.348. The van der Waals surface area contributed by atoms with Gasteiger partial charge in [0.25, 0.3) is 5.56 Å². The van der Waals surface area contributed by atoms with E-state index in [0.29, 0.717) is 15.4 Å². The van der Waals surface area contributed by atoms with Crippen LogP contribution in [0.5, 0.6) is 0 Å². The highest BCUT2D eigenvalue weighted by atomic mass is 79.9. The van der Waals surface area contributed by atoms with Crippen molar-refractivity contribution < 1.29 is 9.53 Å². The van der Waals surface area contributed by atoms with Crippen LogP contribution in [-0.4, -0.2) is 22.6 Å². The van der Waals surface area contributed by atoms with Crippen LogP contribution in [0.15, 0.2) is 26.2 Å². The number of halogens is 1. The van der Waals surface area contributed by atoms with Gasteiger partial charge in [-0.25, -0.2) is 9.59 Å². The summed E-state index contributed by atoms with van der Waals surface area (Å²) in [4.78, 5) is 37.9. The van der Waals surface area contributed by atoms with Crippen molar-refractivity contribution in [3.8, 4) is 0 Å². The Morgan fingerprint density at radius 1 is 1.42 bits per heavy atom. The molecule has 0 bridgehead atoms. The zero-order valence-corrected chi connectivity index (χ0v) is 11.9. The Morgan fingerprint density at radius 2 is 2.11 bits per heavy atom. The van der Waals surface area contributed by atoms with Gasteiger partial charge >= 0.3 is 11.7 Å². The van der Waals surface area contributed by atoms with Crippen molar-refractivity contribution in [2.45, 2.75) is 13.5 Å². The number of carbonyl (C=O) groups is 1. The Hall–Kier alpha value is -1.89.